The maximum absolute atomic E-state index is 5.52. The fourth-order valence-electron chi connectivity index (χ4n) is 1.33. The molecule has 13 heavy (non-hydrogen) atoms. The van der Waals surface area contributed by atoms with Crippen molar-refractivity contribution in [2.75, 3.05) is 13.7 Å². The summed E-state index contributed by atoms with van der Waals surface area (Å²) in [6.07, 6.45) is 0. The first-order chi connectivity index (χ1) is 6.20. The first kappa shape index (κ1) is 9.81. The lowest BCUT2D eigenvalue weighted by Gasteiger charge is -2.10. The highest BCUT2D eigenvalue weighted by Crippen LogP contribution is 2.24. The van der Waals surface area contributed by atoms with Crippen LogP contribution in [0.25, 0.3) is 5.57 Å². The highest BCUT2D eigenvalue weighted by atomic mass is 16.5. The van der Waals surface area contributed by atoms with E-state index < -0.39 is 0 Å². The largest absolute Gasteiger partial charge is 0.496 e. The summed E-state index contributed by atoms with van der Waals surface area (Å²) in [4.78, 5) is 0. The molecule has 0 aliphatic carbocycles. The van der Waals surface area contributed by atoms with E-state index in [9.17, 15) is 0 Å². The van der Waals surface area contributed by atoms with E-state index in [0.717, 1.165) is 22.4 Å². The number of benzene rings is 1. The zero-order chi connectivity index (χ0) is 9.84. The Morgan fingerprint density at radius 1 is 1.54 bits per heavy atom. The molecule has 1 aromatic rings. The molecular formula is C11H15NO. The minimum atomic E-state index is 0.480. The van der Waals surface area contributed by atoms with Crippen molar-refractivity contribution in [2.24, 2.45) is 5.73 Å². The summed E-state index contributed by atoms with van der Waals surface area (Å²) in [6, 6.07) is 5.89. The fraction of sp³-hybridized carbons (Fsp3) is 0.273. The molecule has 0 radical (unpaired) electrons. The van der Waals surface area contributed by atoms with Gasteiger partial charge in [0.05, 0.1) is 7.11 Å². The van der Waals surface area contributed by atoms with Gasteiger partial charge < -0.3 is 10.5 Å². The molecule has 0 aromatic heterocycles. The molecule has 2 heteroatoms. The fourth-order valence-corrected chi connectivity index (χ4v) is 1.33. The molecule has 0 bridgehead atoms. The molecule has 2 nitrogen and oxygen atoms in total. The zero-order valence-electron chi connectivity index (χ0n) is 8.13. The second kappa shape index (κ2) is 4.10. The Morgan fingerprint density at radius 3 is 2.77 bits per heavy atom. The first-order valence-corrected chi connectivity index (χ1v) is 4.22. The monoisotopic (exact) mass is 177 g/mol. The van der Waals surface area contributed by atoms with Crippen LogP contribution in [0.15, 0.2) is 24.8 Å². The highest BCUT2D eigenvalue weighted by molar-refractivity contribution is 5.69. The van der Waals surface area contributed by atoms with E-state index in [1.54, 1.807) is 7.11 Å². The molecule has 0 unspecified atom stereocenters. The summed E-state index contributed by atoms with van der Waals surface area (Å²) in [6.45, 7) is 6.39. The van der Waals surface area contributed by atoms with Crippen LogP contribution in [-0.2, 0) is 0 Å². The molecule has 1 aromatic carbocycles. The van der Waals surface area contributed by atoms with Gasteiger partial charge in [0.25, 0.3) is 0 Å². The van der Waals surface area contributed by atoms with Crippen LogP contribution in [0, 0.1) is 6.92 Å². The summed E-state index contributed by atoms with van der Waals surface area (Å²) in [5, 5.41) is 0. The number of ether oxygens (including phenoxy) is 1. The van der Waals surface area contributed by atoms with E-state index >= 15 is 0 Å². The average molecular weight is 177 g/mol. The Morgan fingerprint density at radius 2 is 2.23 bits per heavy atom. The third kappa shape index (κ3) is 1.90. The maximum Gasteiger partial charge on any atom is 0.122 e. The standard InChI is InChI=1S/C11H15NO/c1-8(7-12)10-5-4-6-11(13-3)9(10)2/h4-6H,1,7,12H2,2-3H3. The van der Waals surface area contributed by atoms with Gasteiger partial charge in [0.1, 0.15) is 5.75 Å². The van der Waals surface area contributed by atoms with Crippen molar-refractivity contribution in [2.45, 2.75) is 6.92 Å². The second-order valence-corrected chi connectivity index (χ2v) is 2.94. The van der Waals surface area contributed by atoms with Crippen molar-refractivity contribution < 1.29 is 4.74 Å². The minimum Gasteiger partial charge on any atom is -0.496 e. The number of methoxy groups -OCH3 is 1. The van der Waals surface area contributed by atoms with Crippen molar-refractivity contribution in [3.63, 3.8) is 0 Å². The van der Waals surface area contributed by atoms with Gasteiger partial charge in [-0.2, -0.15) is 0 Å². The number of nitrogens with two attached hydrogens (primary N) is 1. The summed E-state index contributed by atoms with van der Waals surface area (Å²) < 4.78 is 5.20. The van der Waals surface area contributed by atoms with E-state index in [1.807, 2.05) is 25.1 Å². The number of rotatable bonds is 3. The van der Waals surface area contributed by atoms with Crippen molar-refractivity contribution in [3.05, 3.63) is 35.9 Å². The van der Waals surface area contributed by atoms with Gasteiger partial charge in [-0.25, -0.2) is 0 Å². The van der Waals surface area contributed by atoms with E-state index in [0.29, 0.717) is 6.54 Å². The lowest BCUT2D eigenvalue weighted by Crippen LogP contribution is -2.03. The third-order valence-electron chi connectivity index (χ3n) is 2.13. The summed E-state index contributed by atoms with van der Waals surface area (Å²) in [5.41, 5.74) is 8.65. The lowest BCUT2D eigenvalue weighted by atomic mass is 10.0. The molecule has 0 aliphatic heterocycles. The smallest absolute Gasteiger partial charge is 0.122 e. The van der Waals surface area contributed by atoms with Crippen LogP contribution in [0.2, 0.25) is 0 Å². The molecule has 2 N–H and O–H groups in total. The van der Waals surface area contributed by atoms with Gasteiger partial charge in [-0.1, -0.05) is 18.7 Å². The molecular weight excluding hydrogens is 162 g/mol. The molecule has 0 saturated carbocycles. The molecule has 0 fully saturated rings. The normalized spacial score (nSPS) is 9.77. The average Bonchev–Trinajstić information content (AvgIpc) is 2.17. The van der Waals surface area contributed by atoms with E-state index in [2.05, 4.69) is 6.58 Å². The van der Waals surface area contributed by atoms with Crippen LogP contribution in [0.3, 0.4) is 0 Å². The van der Waals surface area contributed by atoms with Gasteiger partial charge >= 0.3 is 0 Å². The van der Waals surface area contributed by atoms with E-state index in [4.69, 9.17) is 10.5 Å². The van der Waals surface area contributed by atoms with Gasteiger partial charge in [-0.15, -0.1) is 0 Å². The SMILES string of the molecule is C=C(CN)c1cccc(OC)c1C. The predicted octanol–water partition coefficient (Wildman–Crippen LogP) is 1.98. The van der Waals surface area contributed by atoms with Crippen molar-refractivity contribution in [1.29, 1.82) is 0 Å². The summed E-state index contributed by atoms with van der Waals surface area (Å²) in [5.74, 6) is 0.882. The van der Waals surface area contributed by atoms with E-state index in [-0.39, 0.29) is 0 Å². The summed E-state index contributed by atoms with van der Waals surface area (Å²) >= 11 is 0. The van der Waals surface area contributed by atoms with Crippen molar-refractivity contribution >= 4 is 5.57 Å². The Labute approximate surface area is 79.0 Å². The van der Waals surface area contributed by atoms with Crippen LogP contribution < -0.4 is 10.5 Å². The molecule has 70 valence electrons. The molecule has 0 saturated heterocycles. The van der Waals surface area contributed by atoms with Crippen LogP contribution in [-0.4, -0.2) is 13.7 Å². The third-order valence-corrected chi connectivity index (χ3v) is 2.13. The van der Waals surface area contributed by atoms with E-state index in [1.165, 1.54) is 0 Å². The zero-order valence-corrected chi connectivity index (χ0v) is 8.13. The van der Waals surface area contributed by atoms with Crippen LogP contribution in [0.4, 0.5) is 0 Å². The van der Waals surface area contributed by atoms with Crippen molar-refractivity contribution in [1.82, 2.24) is 0 Å². The van der Waals surface area contributed by atoms with Crippen LogP contribution >= 0.6 is 0 Å². The Balaban J connectivity index is 3.15. The first-order valence-electron chi connectivity index (χ1n) is 4.22. The van der Waals surface area contributed by atoms with Crippen molar-refractivity contribution in [3.8, 4) is 5.75 Å². The van der Waals surface area contributed by atoms with Gasteiger partial charge in [0.15, 0.2) is 0 Å². The van der Waals surface area contributed by atoms with Gasteiger partial charge in [-0.3, -0.25) is 0 Å². The van der Waals surface area contributed by atoms with Gasteiger partial charge in [-0.05, 0) is 29.7 Å². The van der Waals surface area contributed by atoms with Gasteiger partial charge in [0, 0.05) is 6.54 Å². The Kier molecular flexibility index (Phi) is 3.09. The molecule has 0 aliphatic rings. The Bertz CT molecular complexity index is 318. The second-order valence-electron chi connectivity index (χ2n) is 2.94. The quantitative estimate of drug-likeness (QED) is 0.766. The van der Waals surface area contributed by atoms with Gasteiger partial charge in [0.2, 0.25) is 0 Å². The highest BCUT2D eigenvalue weighted by Gasteiger charge is 2.05. The molecule has 0 atom stereocenters. The van der Waals surface area contributed by atoms with Crippen LogP contribution in [0.1, 0.15) is 11.1 Å². The Hall–Kier alpha value is -1.28. The molecule has 1 rings (SSSR count). The number of hydrogen-bond acceptors (Lipinski definition) is 2. The minimum absolute atomic E-state index is 0.480. The molecule has 0 amide bonds. The van der Waals surface area contributed by atoms with Crippen LogP contribution in [0.5, 0.6) is 5.75 Å². The number of hydrogen-bond donors (Lipinski definition) is 1. The molecule has 0 spiro atoms. The lowest BCUT2D eigenvalue weighted by molar-refractivity contribution is 0.411. The topological polar surface area (TPSA) is 35.2 Å². The summed E-state index contributed by atoms with van der Waals surface area (Å²) in [7, 11) is 1.66. The predicted molar refractivity (Wildman–Crippen MR) is 55.8 cm³/mol. The maximum atomic E-state index is 5.52. The molecule has 0 heterocycles.